The number of terminal acetylenes is 1. The van der Waals surface area contributed by atoms with E-state index >= 15 is 0 Å². The highest BCUT2D eigenvalue weighted by Gasteiger charge is 1.93. The minimum atomic E-state index is 0.0604. The van der Waals surface area contributed by atoms with Crippen LogP contribution < -0.4 is 5.32 Å². The molecule has 50 valence electrons. The van der Waals surface area contributed by atoms with Crippen LogP contribution in [0.15, 0.2) is 0 Å². The van der Waals surface area contributed by atoms with Crippen molar-refractivity contribution in [3.8, 4) is 12.3 Å². The van der Waals surface area contributed by atoms with Crippen LogP contribution in [0.25, 0.3) is 0 Å². The summed E-state index contributed by atoms with van der Waals surface area (Å²) in [5.41, 5.74) is 0. The number of carbonyl (C=O) groups is 1. The lowest BCUT2D eigenvalue weighted by Crippen LogP contribution is -2.16. The van der Waals surface area contributed by atoms with E-state index < -0.39 is 0 Å². The van der Waals surface area contributed by atoms with Crippen LogP contribution in [0.5, 0.6) is 0 Å². The number of hydrogen-bond donors (Lipinski definition) is 1. The molecule has 0 spiro atoms. The topological polar surface area (TPSA) is 29.1 Å². The molecule has 0 unspecified atom stereocenters. The van der Waals surface area contributed by atoms with Crippen LogP contribution in [0.3, 0.4) is 0 Å². The number of rotatable bonds is 3. The van der Waals surface area contributed by atoms with Gasteiger partial charge in [0.05, 0.1) is 0 Å². The summed E-state index contributed by atoms with van der Waals surface area (Å²) >= 11 is 0. The first kappa shape index (κ1) is 8.03. The second-order valence-electron chi connectivity index (χ2n) is 1.73. The average Bonchev–Trinajstić information content (AvgIpc) is 1.89. The molecule has 0 fully saturated rings. The van der Waals surface area contributed by atoms with Crippen molar-refractivity contribution < 1.29 is 4.79 Å². The molecule has 0 rings (SSSR count). The first-order chi connectivity index (χ1) is 4.31. The zero-order valence-electron chi connectivity index (χ0n) is 5.61. The smallest absolute Gasteiger partial charge is 0.219 e. The predicted octanol–water partition coefficient (Wildman–Crippen LogP) is 0.536. The summed E-state index contributed by atoms with van der Waals surface area (Å²) in [6.07, 6.45) is 6.99. The van der Waals surface area contributed by atoms with Gasteiger partial charge in [0.25, 0.3) is 0 Å². The molecule has 0 aromatic heterocycles. The fourth-order valence-electron chi connectivity index (χ4n) is 0.476. The average molecular weight is 125 g/mol. The predicted molar refractivity (Wildman–Crippen MR) is 36.8 cm³/mol. The highest BCUT2D eigenvalue weighted by molar-refractivity contribution is 5.75. The molecular weight excluding hydrogens is 114 g/mol. The lowest BCUT2D eigenvalue weighted by atomic mass is 10.2. The molecule has 1 N–H and O–H groups in total. The number of carbonyl (C=O) groups excluding carboxylic acids is 1. The highest BCUT2D eigenvalue weighted by Crippen LogP contribution is 1.91. The van der Waals surface area contributed by atoms with E-state index in [1.54, 1.807) is 7.05 Å². The largest absolute Gasteiger partial charge is 0.359 e. The van der Waals surface area contributed by atoms with Gasteiger partial charge in [-0.25, -0.2) is 0 Å². The van der Waals surface area contributed by atoms with E-state index in [0.717, 1.165) is 6.42 Å². The third-order valence-corrected chi connectivity index (χ3v) is 1.00. The monoisotopic (exact) mass is 125 g/mol. The van der Waals surface area contributed by atoms with Crippen molar-refractivity contribution in [3.63, 3.8) is 0 Å². The van der Waals surface area contributed by atoms with Crippen molar-refractivity contribution in [3.05, 3.63) is 0 Å². The second-order valence-corrected chi connectivity index (χ2v) is 1.73. The van der Waals surface area contributed by atoms with Gasteiger partial charge >= 0.3 is 0 Å². The summed E-state index contributed by atoms with van der Waals surface area (Å²) in [5.74, 6) is 2.53. The minimum Gasteiger partial charge on any atom is -0.359 e. The molecule has 2 nitrogen and oxygen atoms in total. The number of amides is 1. The molecule has 0 saturated heterocycles. The van der Waals surface area contributed by atoms with Gasteiger partial charge in [-0.3, -0.25) is 4.79 Å². The number of nitrogens with one attached hydrogen (secondary N) is 1. The third kappa shape index (κ3) is 4.89. The van der Waals surface area contributed by atoms with Gasteiger partial charge in [0.15, 0.2) is 0 Å². The highest BCUT2D eigenvalue weighted by atomic mass is 16.1. The molecule has 0 bridgehead atoms. The van der Waals surface area contributed by atoms with Crippen LogP contribution in [0.4, 0.5) is 0 Å². The molecule has 0 aliphatic rings. The van der Waals surface area contributed by atoms with Gasteiger partial charge < -0.3 is 5.32 Å². The standard InChI is InChI=1S/C7H11NO/c1-3-4-5-6-7(9)8-2/h1H,4-6H2,2H3,(H,8,9). The molecular formula is C7H11NO. The normalized spacial score (nSPS) is 8.00. The van der Waals surface area contributed by atoms with Crippen LogP contribution in [-0.2, 0) is 4.79 Å². The maximum Gasteiger partial charge on any atom is 0.219 e. The fourth-order valence-corrected chi connectivity index (χ4v) is 0.476. The van der Waals surface area contributed by atoms with Gasteiger partial charge in [0.1, 0.15) is 0 Å². The Kier molecular flexibility index (Phi) is 4.61. The van der Waals surface area contributed by atoms with Crippen LogP contribution in [-0.4, -0.2) is 13.0 Å². The Morgan fingerprint density at radius 2 is 2.44 bits per heavy atom. The second kappa shape index (κ2) is 5.17. The summed E-state index contributed by atoms with van der Waals surface area (Å²) < 4.78 is 0. The zero-order chi connectivity index (χ0) is 7.11. The first-order valence-electron chi connectivity index (χ1n) is 2.95. The van der Waals surface area contributed by atoms with Gasteiger partial charge in [0.2, 0.25) is 5.91 Å². The molecule has 0 aromatic carbocycles. The van der Waals surface area contributed by atoms with E-state index in [-0.39, 0.29) is 5.91 Å². The molecule has 0 aliphatic heterocycles. The van der Waals surface area contributed by atoms with E-state index in [9.17, 15) is 4.79 Å². The van der Waals surface area contributed by atoms with E-state index in [4.69, 9.17) is 6.42 Å². The van der Waals surface area contributed by atoms with Gasteiger partial charge in [-0.15, -0.1) is 12.3 Å². The van der Waals surface area contributed by atoms with Crippen molar-refractivity contribution >= 4 is 5.91 Å². The summed E-state index contributed by atoms with van der Waals surface area (Å²) in [5, 5.41) is 2.52. The molecule has 0 heterocycles. The molecule has 0 radical (unpaired) electrons. The number of hydrogen-bond acceptors (Lipinski definition) is 1. The quantitative estimate of drug-likeness (QED) is 0.433. The van der Waals surface area contributed by atoms with Crippen molar-refractivity contribution in [2.75, 3.05) is 7.05 Å². The first-order valence-corrected chi connectivity index (χ1v) is 2.95. The molecule has 0 atom stereocenters. The summed E-state index contributed by atoms with van der Waals surface area (Å²) in [4.78, 5) is 10.5. The fraction of sp³-hybridized carbons (Fsp3) is 0.571. The Morgan fingerprint density at radius 3 is 2.89 bits per heavy atom. The van der Waals surface area contributed by atoms with Gasteiger partial charge in [-0.05, 0) is 6.42 Å². The zero-order valence-corrected chi connectivity index (χ0v) is 5.61. The minimum absolute atomic E-state index is 0.0604. The van der Waals surface area contributed by atoms with E-state index in [1.807, 2.05) is 0 Å². The lowest BCUT2D eigenvalue weighted by Gasteiger charge is -1.93. The lowest BCUT2D eigenvalue weighted by molar-refractivity contribution is -0.120. The van der Waals surface area contributed by atoms with E-state index in [2.05, 4.69) is 11.2 Å². The summed E-state index contributed by atoms with van der Waals surface area (Å²) in [6.45, 7) is 0. The van der Waals surface area contributed by atoms with Crippen LogP contribution in [0, 0.1) is 12.3 Å². The Hall–Kier alpha value is -0.970. The van der Waals surface area contributed by atoms with Crippen LogP contribution in [0.1, 0.15) is 19.3 Å². The Balaban J connectivity index is 3.09. The Labute approximate surface area is 55.6 Å². The van der Waals surface area contributed by atoms with Crippen molar-refractivity contribution in [1.29, 1.82) is 0 Å². The van der Waals surface area contributed by atoms with Gasteiger partial charge in [-0.2, -0.15) is 0 Å². The summed E-state index contributed by atoms with van der Waals surface area (Å²) in [7, 11) is 1.62. The third-order valence-electron chi connectivity index (χ3n) is 1.00. The number of unbranched alkanes of at least 4 members (excludes halogenated alkanes) is 1. The van der Waals surface area contributed by atoms with Crippen molar-refractivity contribution in [1.82, 2.24) is 5.32 Å². The van der Waals surface area contributed by atoms with Crippen molar-refractivity contribution in [2.45, 2.75) is 19.3 Å². The van der Waals surface area contributed by atoms with Gasteiger partial charge in [0, 0.05) is 19.9 Å². The van der Waals surface area contributed by atoms with Crippen LogP contribution in [0.2, 0.25) is 0 Å². The Bertz CT molecular complexity index is 123. The molecule has 2 heteroatoms. The maximum atomic E-state index is 10.5. The molecule has 1 amide bonds. The Morgan fingerprint density at radius 1 is 1.78 bits per heavy atom. The van der Waals surface area contributed by atoms with E-state index in [1.165, 1.54) is 0 Å². The van der Waals surface area contributed by atoms with Gasteiger partial charge in [-0.1, -0.05) is 0 Å². The molecule has 9 heavy (non-hydrogen) atoms. The molecule has 0 aliphatic carbocycles. The molecule has 0 saturated carbocycles. The summed E-state index contributed by atoms with van der Waals surface area (Å²) in [6, 6.07) is 0. The van der Waals surface area contributed by atoms with Crippen LogP contribution >= 0.6 is 0 Å². The van der Waals surface area contributed by atoms with Crippen molar-refractivity contribution in [2.24, 2.45) is 0 Å². The maximum absolute atomic E-state index is 10.5. The SMILES string of the molecule is C#CCCCC(=O)NC. The van der Waals surface area contributed by atoms with E-state index in [0.29, 0.717) is 12.8 Å². The molecule has 0 aromatic rings.